The fourth-order valence-electron chi connectivity index (χ4n) is 4.70. The van der Waals surface area contributed by atoms with E-state index in [1.165, 1.54) is 30.3 Å². The van der Waals surface area contributed by atoms with Gasteiger partial charge in [-0.25, -0.2) is 0 Å². The molecule has 0 radical (unpaired) electrons. The third-order valence-electron chi connectivity index (χ3n) is 5.98. The number of nitrogens with zero attached hydrogens (tertiary/aromatic N) is 1. The van der Waals surface area contributed by atoms with Gasteiger partial charge >= 0.3 is 12.1 Å². The fourth-order valence-corrected chi connectivity index (χ4v) is 4.70. The largest absolute Gasteiger partial charge is 0.504 e. The van der Waals surface area contributed by atoms with Gasteiger partial charge in [0.1, 0.15) is 5.78 Å². The van der Waals surface area contributed by atoms with Gasteiger partial charge in [0.2, 0.25) is 0 Å². The quantitative estimate of drug-likeness (QED) is 0.627. The lowest BCUT2D eigenvalue weighted by Crippen LogP contribution is -2.48. The normalized spacial score (nSPS) is 21.5. The number of Topliss-reactive ketones (excluding diaryl/α,β-unsaturated/α-hetero) is 1. The maximum Gasteiger partial charge on any atom is 0.471 e. The van der Waals surface area contributed by atoms with Crippen molar-refractivity contribution in [1.29, 1.82) is 0 Å². The van der Waals surface area contributed by atoms with Crippen LogP contribution in [0.3, 0.4) is 0 Å². The minimum Gasteiger partial charge on any atom is -0.504 e. The number of para-hydroxylation sites is 2. The second-order valence-corrected chi connectivity index (χ2v) is 9.13. The van der Waals surface area contributed by atoms with Gasteiger partial charge in [-0.15, -0.1) is 0 Å². The van der Waals surface area contributed by atoms with Crippen LogP contribution >= 0.6 is 0 Å². The van der Waals surface area contributed by atoms with Crippen LogP contribution in [-0.2, 0) is 9.59 Å². The SMILES string of the molecule is CCOc1cc(C2C3C(=O)CC(C)(C)C=C3Nc3ccccc3N2C(=O)C(F)(F)F)ccc1O. The Labute approximate surface area is 195 Å². The minimum atomic E-state index is -5.18. The van der Waals surface area contributed by atoms with Crippen LogP contribution in [0.1, 0.15) is 38.8 Å². The Hall–Kier alpha value is -3.49. The van der Waals surface area contributed by atoms with Crippen molar-refractivity contribution in [2.75, 3.05) is 16.8 Å². The van der Waals surface area contributed by atoms with E-state index in [2.05, 4.69) is 5.32 Å². The van der Waals surface area contributed by atoms with Gasteiger partial charge in [-0.2, -0.15) is 13.2 Å². The highest BCUT2D eigenvalue weighted by molar-refractivity contribution is 6.03. The molecule has 2 aromatic carbocycles. The Morgan fingerprint density at radius 1 is 1.24 bits per heavy atom. The summed E-state index contributed by atoms with van der Waals surface area (Å²) in [6.45, 7) is 5.64. The summed E-state index contributed by atoms with van der Waals surface area (Å²) >= 11 is 0. The van der Waals surface area contributed by atoms with Gasteiger partial charge in [-0.1, -0.05) is 38.1 Å². The second kappa shape index (κ2) is 8.38. The number of alkyl halides is 3. The lowest BCUT2D eigenvalue weighted by Gasteiger charge is -2.39. The summed E-state index contributed by atoms with van der Waals surface area (Å²) < 4.78 is 47.1. The first-order valence-electron chi connectivity index (χ1n) is 10.9. The molecule has 0 aromatic heterocycles. The van der Waals surface area contributed by atoms with Gasteiger partial charge in [0.05, 0.1) is 29.9 Å². The Bertz CT molecular complexity index is 1170. The van der Waals surface area contributed by atoms with Crippen molar-refractivity contribution in [3.63, 3.8) is 0 Å². The average Bonchev–Trinajstić information content (AvgIpc) is 2.87. The highest BCUT2D eigenvalue weighted by Gasteiger charge is 2.52. The van der Waals surface area contributed by atoms with Crippen molar-refractivity contribution in [2.45, 2.75) is 39.4 Å². The number of phenolic OH excluding ortho intramolecular Hbond substituents is 1. The number of hydrogen-bond acceptors (Lipinski definition) is 5. The summed E-state index contributed by atoms with van der Waals surface area (Å²) in [4.78, 5) is 27.0. The molecule has 1 amide bonds. The number of rotatable bonds is 3. The number of hydrogen-bond donors (Lipinski definition) is 2. The standard InChI is InChI=1S/C25H25F3N2O4/c1-4-34-20-11-14(9-10-18(20)31)22-21-16(12-24(2,3)13-19(21)32)29-15-7-5-6-8-17(15)30(22)23(33)25(26,27)28/h5-12,21-22,29,31H,4,13H2,1-3H3. The molecule has 0 fully saturated rings. The Morgan fingerprint density at radius 2 is 1.94 bits per heavy atom. The predicted octanol–water partition coefficient (Wildman–Crippen LogP) is 5.35. The third kappa shape index (κ3) is 4.22. The molecule has 180 valence electrons. The van der Waals surface area contributed by atoms with Crippen molar-refractivity contribution in [2.24, 2.45) is 11.3 Å². The van der Waals surface area contributed by atoms with Crippen molar-refractivity contribution in [3.8, 4) is 11.5 Å². The molecule has 2 unspecified atom stereocenters. The van der Waals surface area contributed by atoms with Gasteiger partial charge in [0.25, 0.3) is 0 Å². The van der Waals surface area contributed by atoms with E-state index in [9.17, 15) is 27.9 Å². The topological polar surface area (TPSA) is 78.9 Å². The summed E-state index contributed by atoms with van der Waals surface area (Å²) in [7, 11) is 0. The zero-order valence-corrected chi connectivity index (χ0v) is 18.9. The van der Waals surface area contributed by atoms with Crippen LogP contribution in [0.25, 0.3) is 0 Å². The molecule has 34 heavy (non-hydrogen) atoms. The molecular formula is C25H25F3N2O4. The highest BCUT2D eigenvalue weighted by Crippen LogP contribution is 2.50. The van der Waals surface area contributed by atoms with Gasteiger partial charge in [-0.05, 0) is 42.2 Å². The van der Waals surface area contributed by atoms with Crippen LogP contribution in [0.5, 0.6) is 11.5 Å². The molecular weight excluding hydrogens is 449 g/mol. The number of allylic oxidation sites excluding steroid dienone is 1. The molecule has 9 heteroatoms. The van der Waals surface area contributed by atoms with Crippen molar-refractivity contribution < 1.29 is 32.6 Å². The van der Waals surface area contributed by atoms with Gasteiger partial charge in [-0.3, -0.25) is 14.5 Å². The number of phenols is 1. The molecule has 1 aliphatic heterocycles. The van der Waals surface area contributed by atoms with Crippen molar-refractivity contribution >= 4 is 23.1 Å². The van der Waals surface area contributed by atoms with Crippen LogP contribution < -0.4 is 15.0 Å². The molecule has 0 saturated heterocycles. The third-order valence-corrected chi connectivity index (χ3v) is 5.98. The smallest absolute Gasteiger partial charge is 0.471 e. The van der Waals surface area contributed by atoms with Gasteiger partial charge in [0, 0.05) is 12.1 Å². The molecule has 6 nitrogen and oxygen atoms in total. The number of fused-ring (bicyclic) bond motifs is 2. The molecule has 2 atom stereocenters. The molecule has 2 aliphatic rings. The van der Waals surface area contributed by atoms with E-state index in [4.69, 9.17) is 4.74 Å². The summed E-state index contributed by atoms with van der Waals surface area (Å²) in [5.74, 6) is -3.60. The number of benzene rings is 2. The average molecular weight is 474 g/mol. The van der Waals surface area contributed by atoms with E-state index < -0.39 is 29.5 Å². The number of carbonyl (C=O) groups is 2. The van der Waals surface area contributed by atoms with E-state index in [1.807, 2.05) is 19.9 Å². The lowest BCUT2D eigenvalue weighted by molar-refractivity contribution is -0.171. The van der Waals surface area contributed by atoms with Crippen LogP contribution in [0.2, 0.25) is 0 Å². The second-order valence-electron chi connectivity index (χ2n) is 9.13. The zero-order chi connectivity index (χ0) is 24.8. The van der Waals surface area contributed by atoms with E-state index in [-0.39, 0.29) is 47.2 Å². The molecule has 4 rings (SSSR count). The summed E-state index contributed by atoms with van der Waals surface area (Å²) in [6.07, 6.45) is -3.25. The predicted molar refractivity (Wildman–Crippen MR) is 121 cm³/mol. The maximum atomic E-state index is 13.9. The number of nitrogens with one attached hydrogen (secondary N) is 1. The van der Waals surface area contributed by atoms with E-state index in [1.54, 1.807) is 19.1 Å². The lowest BCUT2D eigenvalue weighted by atomic mass is 9.72. The number of ether oxygens (including phenoxy) is 1. The van der Waals surface area contributed by atoms with Gasteiger partial charge < -0.3 is 15.2 Å². The van der Waals surface area contributed by atoms with Crippen LogP contribution in [0.4, 0.5) is 24.5 Å². The molecule has 1 heterocycles. The Balaban J connectivity index is 2.03. The fraction of sp³-hybridized carbons (Fsp3) is 0.360. The molecule has 0 bridgehead atoms. The number of anilines is 2. The molecule has 2 aromatic rings. The molecule has 0 saturated carbocycles. The van der Waals surface area contributed by atoms with E-state index >= 15 is 0 Å². The number of amides is 1. The first-order chi connectivity index (χ1) is 15.9. The summed E-state index contributed by atoms with van der Waals surface area (Å²) in [5.41, 5.74) is 0.433. The van der Waals surface area contributed by atoms with E-state index in [0.29, 0.717) is 10.6 Å². The summed E-state index contributed by atoms with van der Waals surface area (Å²) in [6, 6.07) is 8.93. The maximum absolute atomic E-state index is 13.9. The highest BCUT2D eigenvalue weighted by atomic mass is 19.4. The number of carbonyl (C=O) groups excluding carboxylic acids is 2. The Morgan fingerprint density at radius 3 is 2.62 bits per heavy atom. The monoisotopic (exact) mass is 474 g/mol. The number of ketones is 1. The van der Waals surface area contributed by atoms with Crippen molar-refractivity contribution in [3.05, 3.63) is 59.8 Å². The molecule has 1 aliphatic carbocycles. The molecule has 2 N–H and O–H groups in total. The molecule has 0 spiro atoms. The van der Waals surface area contributed by atoms with Crippen LogP contribution in [0, 0.1) is 11.3 Å². The van der Waals surface area contributed by atoms with Crippen LogP contribution in [0.15, 0.2) is 54.2 Å². The minimum absolute atomic E-state index is 0.00164. The number of halogens is 3. The first-order valence-corrected chi connectivity index (χ1v) is 10.9. The number of aromatic hydroxyl groups is 1. The zero-order valence-electron chi connectivity index (χ0n) is 18.9. The Kier molecular flexibility index (Phi) is 5.83. The summed E-state index contributed by atoms with van der Waals surface area (Å²) in [5, 5.41) is 13.3. The van der Waals surface area contributed by atoms with Crippen molar-refractivity contribution in [1.82, 2.24) is 0 Å². The van der Waals surface area contributed by atoms with Crippen LogP contribution in [-0.4, -0.2) is 29.6 Å². The first kappa shape index (κ1) is 23.7. The van der Waals surface area contributed by atoms with E-state index in [0.717, 1.165) is 0 Å². The van der Waals surface area contributed by atoms with Gasteiger partial charge in [0.15, 0.2) is 11.5 Å².